The maximum absolute atomic E-state index is 13.0. The Morgan fingerprint density at radius 1 is 1.21 bits per heavy atom. The molecular formula is C20H17N3O4S. The van der Waals surface area contributed by atoms with Gasteiger partial charge >= 0.3 is 6.09 Å². The summed E-state index contributed by atoms with van der Waals surface area (Å²) in [7, 11) is 0. The Hall–Kier alpha value is -3.44. The third kappa shape index (κ3) is 4.45. The molecule has 2 heterocycles. The van der Waals surface area contributed by atoms with Crippen molar-refractivity contribution in [1.29, 1.82) is 5.26 Å². The van der Waals surface area contributed by atoms with E-state index in [0.29, 0.717) is 27.5 Å². The smallest absolute Gasteiger partial charge is 0.413 e. The molecule has 3 aromatic rings. The number of furan rings is 1. The summed E-state index contributed by atoms with van der Waals surface area (Å²) in [6.45, 7) is 5.26. The molecule has 1 amide bonds. The number of nitrogens with zero attached hydrogens (tertiary/aromatic N) is 2. The summed E-state index contributed by atoms with van der Waals surface area (Å²) in [5.41, 5.74) is 0.529. The maximum atomic E-state index is 13.0. The molecule has 0 saturated heterocycles. The fourth-order valence-electron chi connectivity index (χ4n) is 2.33. The average molecular weight is 395 g/mol. The minimum atomic E-state index is -0.662. The number of rotatable bonds is 4. The van der Waals surface area contributed by atoms with Crippen LogP contribution in [0.2, 0.25) is 0 Å². The van der Waals surface area contributed by atoms with Crippen molar-refractivity contribution < 1.29 is 18.7 Å². The highest BCUT2D eigenvalue weighted by atomic mass is 32.1. The van der Waals surface area contributed by atoms with Crippen molar-refractivity contribution >= 4 is 28.3 Å². The maximum Gasteiger partial charge on any atom is 0.413 e. The predicted octanol–water partition coefficient (Wildman–Crippen LogP) is 4.85. The summed E-state index contributed by atoms with van der Waals surface area (Å²) >= 11 is 1.03. The molecule has 0 bridgehead atoms. The number of benzene rings is 1. The van der Waals surface area contributed by atoms with Gasteiger partial charge in [0.1, 0.15) is 16.2 Å². The number of hydrogen-bond donors (Lipinski definition) is 1. The van der Waals surface area contributed by atoms with Gasteiger partial charge in [-0.05, 0) is 57.2 Å². The number of thiazole rings is 1. The van der Waals surface area contributed by atoms with Crippen molar-refractivity contribution in [1.82, 2.24) is 4.98 Å². The molecule has 3 rings (SSSR count). The molecule has 0 saturated carbocycles. The van der Waals surface area contributed by atoms with E-state index in [1.165, 1.54) is 6.26 Å². The second kappa shape index (κ2) is 7.66. The highest BCUT2D eigenvalue weighted by Gasteiger charge is 2.24. The normalized spacial score (nSPS) is 10.9. The number of nitriles is 1. The van der Waals surface area contributed by atoms with E-state index in [4.69, 9.17) is 14.4 Å². The van der Waals surface area contributed by atoms with E-state index in [0.717, 1.165) is 11.3 Å². The van der Waals surface area contributed by atoms with Crippen molar-refractivity contribution in [3.8, 4) is 17.5 Å². The molecule has 0 atom stereocenters. The van der Waals surface area contributed by atoms with Crippen molar-refractivity contribution in [3.63, 3.8) is 0 Å². The first-order chi connectivity index (χ1) is 13.3. The third-order valence-electron chi connectivity index (χ3n) is 3.47. The summed E-state index contributed by atoms with van der Waals surface area (Å²) in [5.74, 6) is 0.121. The van der Waals surface area contributed by atoms with Crippen LogP contribution in [0, 0.1) is 11.3 Å². The van der Waals surface area contributed by atoms with Gasteiger partial charge in [-0.25, -0.2) is 9.78 Å². The van der Waals surface area contributed by atoms with Gasteiger partial charge in [-0.2, -0.15) is 5.26 Å². The van der Waals surface area contributed by atoms with Crippen LogP contribution in [-0.2, 0) is 4.74 Å². The molecule has 2 aromatic heterocycles. The van der Waals surface area contributed by atoms with Crippen LogP contribution in [0.1, 0.15) is 41.6 Å². The van der Waals surface area contributed by atoms with Gasteiger partial charge in [0.2, 0.25) is 5.78 Å². The molecule has 142 valence electrons. The van der Waals surface area contributed by atoms with Gasteiger partial charge in [-0.15, -0.1) is 0 Å². The Kier molecular flexibility index (Phi) is 5.29. The van der Waals surface area contributed by atoms with Crippen molar-refractivity contribution in [2.75, 3.05) is 5.32 Å². The fourth-order valence-corrected chi connectivity index (χ4v) is 3.24. The minimum Gasteiger partial charge on any atom is -0.463 e. The first-order valence-electron chi connectivity index (χ1n) is 8.36. The number of anilines is 1. The van der Waals surface area contributed by atoms with Crippen LogP contribution >= 0.6 is 11.3 Å². The quantitative estimate of drug-likeness (QED) is 0.633. The first-order valence-corrected chi connectivity index (χ1v) is 9.18. The zero-order valence-electron chi connectivity index (χ0n) is 15.5. The van der Waals surface area contributed by atoms with Crippen molar-refractivity contribution in [2.24, 2.45) is 0 Å². The lowest BCUT2D eigenvalue weighted by atomic mass is 10.1. The van der Waals surface area contributed by atoms with Crippen LogP contribution in [0.5, 0.6) is 0 Å². The molecule has 0 aliphatic rings. The number of aromatic nitrogens is 1. The molecule has 28 heavy (non-hydrogen) atoms. The Bertz CT molecular complexity index is 1040. The summed E-state index contributed by atoms with van der Waals surface area (Å²) in [5, 5.41) is 11.7. The lowest BCUT2D eigenvalue weighted by molar-refractivity contribution is 0.0635. The van der Waals surface area contributed by atoms with Crippen LogP contribution in [0.25, 0.3) is 11.5 Å². The second-order valence-electron chi connectivity index (χ2n) is 6.82. The van der Waals surface area contributed by atoms with E-state index in [1.807, 2.05) is 6.07 Å². The molecule has 8 heteroatoms. The standard InChI is InChI=1S/C20H17N3O4S/c1-20(2,3)27-19(25)23-18-22-15(14-5-4-10-26-14)17(28-18)16(24)13-8-6-12(11-21)7-9-13/h4-10H,1-3H3,(H,22,23,25). The second-order valence-corrected chi connectivity index (χ2v) is 7.82. The van der Waals surface area contributed by atoms with E-state index >= 15 is 0 Å². The monoisotopic (exact) mass is 395 g/mol. The summed E-state index contributed by atoms with van der Waals surface area (Å²) in [6.07, 6.45) is 0.815. The van der Waals surface area contributed by atoms with Gasteiger partial charge in [-0.1, -0.05) is 11.3 Å². The average Bonchev–Trinajstić information content (AvgIpc) is 3.29. The van der Waals surface area contributed by atoms with E-state index in [9.17, 15) is 9.59 Å². The highest BCUT2D eigenvalue weighted by molar-refractivity contribution is 7.18. The number of nitrogens with one attached hydrogen (secondary N) is 1. The van der Waals surface area contributed by atoms with Crippen molar-refractivity contribution in [2.45, 2.75) is 26.4 Å². The van der Waals surface area contributed by atoms with E-state index in [-0.39, 0.29) is 10.9 Å². The van der Waals surface area contributed by atoms with Gasteiger partial charge in [0.15, 0.2) is 10.9 Å². The Morgan fingerprint density at radius 3 is 2.50 bits per heavy atom. The van der Waals surface area contributed by atoms with Gasteiger partial charge in [0.25, 0.3) is 0 Å². The van der Waals surface area contributed by atoms with E-state index < -0.39 is 11.7 Å². The first kappa shape index (κ1) is 19.3. The van der Waals surface area contributed by atoms with Crippen LogP contribution in [-0.4, -0.2) is 22.5 Å². The number of hydrogen-bond acceptors (Lipinski definition) is 7. The molecule has 0 radical (unpaired) electrons. The van der Waals surface area contributed by atoms with E-state index in [1.54, 1.807) is 57.2 Å². The molecule has 0 aliphatic heterocycles. The number of ether oxygens (including phenoxy) is 1. The molecule has 1 N–H and O–H groups in total. The van der Waals surface area contributed by atoms with Crippen LogP contribution < -0.4 is 5.32 Å². The molecule has 0 fully saturated rings. The Morgan fingerprint density at radius 2 is 1.93 bits per heavy atom. The molecule has 0 aliphatic carbocycles. The zero-order valence-corrected chi connectivity index (χ0v) is 16.3. The van der Waals surface area contributed by atoms with Gasteiger partial charge in [0, 0.05) is 5.56 Å². The third-order valence-corrected chi connectivity index (χ3v) is 4.44. The van der Waals surface area contributed by atoms with E-state index in [2.05, 4.69) is 10.3 Å². The van der Waals surface area contributed by atoms with Gasteiger partial charge in [-0.3, -0.25) is 10.1 Å². The molecular weight excluding hydrogens is 378 g/mol. The molecule has 1 aromatic carbocycles. The number of carbonyl (C=O) groups excluding carboxylic acids is 2. The molecule has 7 nitrogen and oxygen atoms in total. The highest BCUT2D eigenvalue weighted by Crippen LogP contribution is 2.33. The Balaban J connectivity index is 1.94. The zero-order chi connectivity index (χ0) is 20.3. The van der Waals surface area contributed by atoms with Crippen LogP contribution in [0.15, 0.2) is 47.1 Å². The van der Waals surface area contributed by atoms with Crippen molar-refractivity contribution in [3.05, 3.63) is 58.7 Å². The lowest BCUT2D eigenvalue weighted by Gasteiger charge is -2.18. The number of amides is 1. The van der Waals surface area contributed by atoms with Gasteiger partial charge < -0.3 is 9.15 Å². The van der Waals surface area contributed by atoms with Gasteiger partial charge in [0.05, 0.1) is 17.9 Å². The topological polar surface area (TPSA) is 105 Å². The predicted molar refractivity (Wildman–Crippen MR) is 104 cm³/mol. The largest absolute Gasteiger partial charge is 0.463 e. The summed E-state index contributed by atoms with van der Waals surface area (Å²) in [6, 6.07) is 11.7. The summed E-state index contributed by atoms with van der Waals surface area (Å²) < 4.78 is 10.6. The minimum absolute atomic E-state index is 0.220. The number of carbonyl (C=O) groups is 2. The van der Waals surface area contributed by atoms with Crippen LogP contribution in [0.4, 0.5) is 9.93 Å². The fraction of sp³-hybridized carbons (Fsp3) is 0.200. The SMILES string of the molecule is CC(C)(C)OC(=O)Nc1nc(-c2ccco2)c(C(=O)c2ccc(C#N)cc2)s1. The van der Waals surface area contributed by atoms with Crippen LogP contribution in [0.3, 0.4) is 0 Å². The molecule has 0 unspecified atom stereocenters. The number of ketones is 1. The Labute approximate surface area is 165 Å². The lowest BCUT2D eigenvalue weighted by Crippen LogP contribution is -2.27. The summed E-state index contributed by atoms with van der Waals surface area (Å²) in [4.78, 5) is 29.7. The molecule has 0 spiro atoms.